The van der Waals surface area contributed by atoms with Crippen LogP contribution in [0.3, 0.4) is 0 Å². The summed E-state index contributed by atoms with van der Waals surface area (Å²) in [5, 5.41) is 9.96. The van der Waals surface area contributed by atoms with Crippen LogP contribution in [0.5, 0.6) is 0 Å². The van der Waals surface area contributed by atoms with E-state index in [2.05, 4.69) is 15.3 Å². The van der Waals surface area contributed by atoms with E-state index in [-0.39, 0.29) is 17.0 Å². The summed E-state index contributed by atoms with van der Waals surface area (Å²) in [6, 6.07) is 12.0. The number of halogens is 1. The first kappa shape index (κ1) is 19.6. The van der Waals surface area contributed by atoms with Crippen molar-refractivity contribution in [2.45, 2.75) is 17.6 Å². The third kappa shape index (κ3) is 3.89. The molecule has 4 aromatic rings. The molecule has 10 heteroatoms. The molecule has 0 fully saturated rings. The topological polar surface area (TPSA) is 91.9 Å². The van der Waals surface area contributed by atoms with Gasteiger partial charge >= 0.3 is 0 Å². The molecule has 0 aliphatic rings. The van der Waals surface area contributed by atoms with Gasteiger partial charge < -0.3 is 4.74 Å². The Morgan fingerprint density at radius 2 is 1.86 bits per heavy atom. The molecule has 0 saturated carbocycles. The van der Waals surface area contributed by atoms with Crippen molar-refractivity contribution in [3.8, 4) is 0 Å². The molecule has 2 aromatic heterocycles. The maximum atomic E-state index is 12.9. The van der Waals surface area contributed by atoms with Gasteiger partial charge in [0.2, 0.25) is 0 Å². The monoisotopic (exact) mass is 429 g/mol. The molecule has 8 nitrogen and oxygen atoms in total. The lowest BCUT2D eigenvalue weighted by atomic mass is 10.2. The Kier molecular flexibility index (Phi) is 5.61. The minimum absolute atomic E-state index is 0.155. The highest BCUT2D eigenvalue weighted by Gasteiger charge is 2.13. The standard InChI is InChI=1S/C19H16ClN5O3S/c1-28-9-8-24-17(26)14-7-6-12(20)10-16(14)21-19(24)29-11-25-18(27)13-4-2-3-5-15(13)22-23-25/h2-7,10H,8-9,11H2,1H3. The summed E-state index contributed by atoms with van der Waals surface area (Å²) in [7, 11) is 1.57. The number of rotatable bonds is 6. The van der Waals surface area contributed by atoms with Crippen LogP contribution in [0.15, 0.2) is 57.2 Å². The highest BCUT2D eigenvalue weighted by molar-refractivity contribution is 7.98. The lowest BCUT2D eigenvalue weighted by molar-refractivity contribution is 0.183. The van der Waals surface area contributed by atoms with Gasteiger partial charge in [-0.25, -0.2) is 4.98 Å². The van der Waals surface area contributed by atoms with E-state index in [0.29, 0.717) is 45.1 Å². The fourth-order valence-corrected chi connectivity index (χ4v) is 3.96. The van der Waals surface area contributed by atoms with Crippen LogP contribution in [0.2, 0.25) is 5.02 Å². The van der Waals surface area contributed by atoms with E-state index in [4.69, 9.17) is 16.3 Å². The van der Waals surface area contributed by atoms with Crippen molar-refractivity contribution < 1.29 is 4.74 Å². The summed E-state index contributed by atoms with van der Waals surface area (Å²) in [5.41, 5.74) is 0.589. The predicted molar refractivity (Wildman–Crippen MR) is 113 cm³/mol. The van der Waals surface area contributed by atoms with Gasteiger partial charge in [0.1, 0.15) is 5.52 Å². The Morgan fingerprint density at radius 1 is 1.07 bits per heavy atom. The van der Waals surface area contributed by atoms with E-state index in [1.165, 1.54) is 21.0 Å². The second-order valence-corrected chi connectivity index (χ2v) is 7.54. The number of hydrogen-bond donors (Lipinski definition) is 0. The highest BCUT2D eigenvalue weighted by atomic mass is 35.5. The molecule has 0 aliphatic carbocycles. The normalized spacial score (nSPS) is 11.4. The van der Waals surface area contributed by atoms with Crippen molar-refractivity contribution in [2.75, 3.05) is 13.7 Å². The molecule has 0 atom stereocenters. The fourth-order valence-electron chi connectivity index (χ4n) is 2.89. The Balaban J connectivity index is 1.74. The quantitative estimate of drug-likeness (QED) is 0.343. The van der Waals surface area contributed by atoms with Crippen LogP contribution in [0.4, 0.5) is 0 Å². The first-order valence-corrected chi connectivity index (χ1v) is 10.1. The van der Waals surface area contributed by atoms with Crippen LogP contribution in [0, 0.1) is 0 Å². The van der Waals surface area contributed by atoms with Crippen molar-refractivity contribution in [3.05, 3.63) is 68.2 Å². The average molecular weight is 430 g/mol. The second-order valence-electron chi connectivity index (χ2n) is 6.19. The molecule has 0 radical (unpaired) electrons. The molecule has 0 spiro atoms. The maximum absolute atomic E-state index is 12.9. The summed E-state index contributed by atoms with van der Waals surface area (Å²) in [6.07, 6.45) is 0. The summed E-state index contributed by atoms with van der Waals surface area (Å²) in [4.78, 5) is 30.2. The van der Waals surface area contributed by atoms with Crippen molar-refractivity contribution >= 4 is 45.2 Å². The first-order valence-electron chi connectivity index (χ1n) is 8.73. The fraction of sp³-hybridized carbons (Fsp3) is 0.211. The predicted octanol–water partition coefficient (Wildman–Crippen LogP) is 2.55. The van der Waals surface area contributed by atoms with Crippen LogP contribution in [0.1, 0.15) is 0 Å². The number of thioether (sulfide) groups is 1. The van der Waals surface area contributed by atoms with E-state index in [9.17, 15) is 9.59 Å². The number of nitrogens with zero attached hydrogens (tertiary/aromatic N) is 5. The van der Waals surface area contributed by atoms with Crippen LogP contribution in [-0.4, -0.2) is 38.3 Å². The largest absolute Gasteiger partial charge is 0.383 e. The SMILES string of the molecule is COCCn1c(SCn2nnc3ccccc3c2=O)nc2cc(Cl)ccc2c1=O. The Bertz CT molecular complexity index is 1320. The minimum atomic E-state index is -0.252. The first-order chi connectivity index (χ1) is 14.1. The zero-order valence-electron chi connectivity index (χ0n) is 15.4. The van der Waals surface area contributed by atoms with E-state index < -0.39 is 0 Å². The van der Waals surface area contributed by atoms with E-state index in [1.54, 1.807) is 49.6 Å². The average Bonchev–Trinajstić information content (AvgIpc) is 2.73. The number of benzene rings is 2. The van der Waals surface area contributed by atoms with Crippen LogP contribution in [-0.2, 0) is 17.2 Å². The smallest absolute Gasteiger partial charge is 0.278 e. The summed E-state index contributed by atoms with van der Waals surface area (Å²) < 4.78 is 7.91. The van der Waals surface area contributed by atoms with Crippen LogP contribution >= 0.6 is 23.4 Å². The summed E-state index contributed by atoms with van der Waals surface area (Å²) in [5.74, 6) is 0.155. The van der Waals surface area contributed by atoms with Crippen molar-refractivity contribution in [1.82, 2.24) is 24.5 Å². The molecule has 0 saturated heterocycles. The van der Waals surface area contributed by atoms with Crippen LogP contribution < -0.4 is 11.1 Å². The van der Waals surface area contributed by atoms with Gasteiger partial charge in [0.05, 0.1) is 35.3 Å². The van der Waals surface area contributed by atoms with Crippen molar-refractivity contribution in [2.24, 2.45) is 0 Å². The van der Waals surface area contributed by atoms with E-state index in [0.717, 1.165) is 0 Å². The molecule has 0 unspecified atom stereocenters. The molecule has 0 amide bonds. The van der Waals surface area contributed by atoms with Gasteiger partial charge in [0.15, 0.2) is 5.16 Å². The van der Waals surface area contributed by atoms with E-state index >= 15 is 0 Å². The van der Waals surface area contributed by atoms with Gasteiger partial charge in [-0.05, 0) is 30.3 Å². The molecular formula is C19H16ClN5O3S. The minimum Gasteiger partial charge on any atom is -0.383 e. The Labute approximate surface area is 174 Å². The molecular weight excluding hydrogens is 414 g/mol. The summed E-state index contributed by atoms with van der Waals surface area (Å²) in [6.45, 7) is 0.686. The zero-order valence-corrected chi connectivity index (χ0v) is 17.0. The molecule has 29 heavy (non-hydrogen) atoms. The second kappa shape index (κ2) is 8.32. The van der Waals surface area contributed by atoms with Gasteiger partial charge in [-0.15, -0.1) is 5.10 Å². The van der Waals surface area contributed by atoms with Gasteiger partial charge in [-0.1, -0.05) is 40.7 Å². The van der Waals surface area contributed by atoms with Gasteiger partial charge in [0, 0.05) is 12.1 Å². The number of fused-ring (bicyclic) bond motifs is 2. The number of ether oxygens (including phenoxy) is 1. The van der Waals surface area contributed by atoms with Crippen LogP contribution in [0.25, 0.3) is 21.8 Å². The van der Waals surface area contributed by atoms with E-state index in [1.807, 2.05) is 0 Å². The third-order valence-electron chi connectivity index (χ3n) is 4.35. The highest BCUT2D eigenvalue weighted by Crippen LogP contribution is 2.21. The molecule has 0 bridgehead atoms. The Morgan fingerprint density at radius 3 is 2.69 bits per heavy atom. The van der Waals surface area contributed by atoms with Gasteiger partial charge in [0.25, 0.3) is 11.1 Å². The number of methoxy groups -OCH3 is 1. The zero-order chi connectivity index (χ0) is 20.4. The van der Waals surface area contributed by atoms with Crippen molar-refractivity contribution in [3.63, 3.8) is 0 Å². The number of hydrogen-bond acceptors (Lipinski definition) is 7. The van der Waals surface area contributed by atoms with Crippen molar-refractivity contribution in [1.29, 1.82) is 0 Å². The molecule has 0 N–H and O–H groups in total. The molecule has 2 heterocycles. The molecule has 148 valence electrons. The number of aromatic nitrogens is 5. The van der Waals surface area contributed by atoms with Gasteiger partial charge in [-0.2, -0.15) is 4.68 Å². The summed E-state index contributed by atoms with van der Waals surface area (Å²) >= 11 is 7.28. The lowest BCUT2D eigenvalue weighted by Crippen LogP contribution is -2.27. The molecule has 4 rings (SSSR count). The third-order valence-corrected chi connectivity index (χ3v) is 5.53. The molecule has 0 aliphatic heterocycles. The van der Waals surface area contributed by atoms with Gasteiger partial charge in [-0.3, -0.25) is 14.2 Å². The Hall–Kier alpha value is -2.75. The maximum Gasteiger partial charge on any atom is 0.278 e. The molecule has 2 aromatic carbocycles. The lowest BCUT2D eigenvalue weighted by Gasteiger charge is -2.13.